The third-order valence-electron chi connectivity index (χ3n) is 4.05. The quantitative estimate of drug-likeness (QED) is 0.329. The molecule has 26 heavy (non-hydrogen) atoms. The Morgan fingerprint density at radius 1 is 1.35 bits per heavy atom. The Morgan fingerprint density at radius 2 is 2.15 bits per heavy atom. The van der Waals surface area contributed by atoms with E-state index in [2.05, 4.69) is 30.8 Å². The van der Waals surface area contributed by atoms with Gasteiger partial charge in [0.15, 0.2) is 11.8 Å². The predicted octanol–water partition coefficient (Wildman–Crippen LogP) is 2.66. The van der Waals surface area contributed by atoms with Crippen LogP contribution in [0.4, 0.5) is 0 Å². The van der Waals surface area contributed by atoms with Crippen LogP contribution in [0.15, 0.2) is 29.3 Å². The molecule has 1 aromatic heterocycles. The van der Waals surface area contributed by atoms with Gasteiger partial charge in [0.25, 0.3) is 0 Å². The number of aliphatic imine (C=N–C) groups is 1. The highest BCUT2D eigenvalue weighted by atomic mass is 127. The summed E-state index contributed by atoms with van der Waals surface area (Å²) >= 11 is 2.03. The van der Waals surface area contributed by atoms with Gasteiger partial charge in [0.1, 0.15) is 11.6 Å². The molecule has 0 amide bonds. The molecule has 2 aromatic rings. The van der Waals surface area contributed by atoms with Gasteiger partial charge in [-0.25, -0.2) is 4.98 Å². The number of H-pyrrole nitrogens is 1. The van der Waals surface area contributed by atoms with E-state index in [-0.39, 0.29) is 24.0 Å². The highest BCUT2D eigenvalue weighted by Crippen LogP contribution is 2.25. The van der Waals surface area contributed by atoms with Gasteiger partial charge in [-0.3, -0.25) is 10.1 Å². The fraction of sp³-hybridized carbons (Fsp3) is 0.471. The molecule has 3 N–H and O–H groups in total. The molecule has 0 aliphatic carbocycles. The summed E-state index contributed by atoms with van der Waals surface area (Å²) in [5, 5.41) is 14.6. The molecule has 1 unspecified atom stereocenters. The van der Waals surface area contributed by atoms with Crippen LogP contribution in [0.2, 0.25) is 0 Å². The summed E-state index contributed by atoms with van der Waals surface area (Å²) in [6.45, 7) is 1.48. The van der Waals surface area contributed by atoms with Gasteiger partial charge in [0.05, 0.1) is 13.7 Å². The van der Waals surface area contributed by atoms with Crippen molar-refractivity contribution in [2.24, 2.45) is 4.99 Å². The SMILES string of the molecule is CN=C(NCc1nc(-c2ccc(OC)cc2)n[nH]1)NCC1CCCS1.I. The largest absolute Gasteiger partial charge is 0.497 e. The van der Waals surface area contributed by atoms with E-state index in [1.54, 1.807) is 14.2 Å². The number of benzene rings is 1. The predicted molar refractivity (Wildman–Crippen MR) is 117 cm³/mol. The van der Waals surface area contributed by atoms with Crippen molar-refractivity contribution in [3.63, 3.8) is 0 Å². The number of nitrogens with one attached hydrogen (secondary N) is 3. The number of methoxy groups -OCH3 is 1. The maximum Gasteiger partial charge on any atom is 0.191 e. The summed E-state index contributed by atoms with van der Waals surface area (Å²) in [7, 11) is 3.43. The van der Waals surface area contributed by atoms with Crippen LogP contribution in [0, 0.1) is 0 Å². The van der Waals surface area contributed by atoms with Crippen molar-refractivity contribution in [1.82, 2.24) is 25.8 Å². The first-order valence-corrected chi connectivity index (χ1v) is 9.45. The van der Waals surface area contributed by atoms with Gasteiger partial charge in [0.2, 0.25) is 0 Å². The van der Waals surface area contributed by atoms with E-state index in [0.717, 1.165) is 29.6 Å². The number of hydrogen-bond donors (Lipinski definition) is 3. The third kappa shape index (κ3) is 5.76. The van der Waals surface area contributed by atoms with Gasteiger partial charge < -0.3 is 15.4 Å². The molecule has 1 aliphatic rings. The van der Waals surface area contributed by atoms with Crippen LogP contribution in [-0.2, 0) is 6.54 Å². The lowest BCUT2D eigenvalue weighted by Crippen LogP contribution is -2.39. The Balaban J connectivity index is 0.00000243. The summed E-state index contributed by atoms with van der Waals surface area (Å²) in [6, 6.07) is 7.69. The molecule has 1 aliphatic heterocycles. The number of aromatic nitrogens is 3. The molecule has 1 aromatic carbocycles. The first-order valence-electron chi connectivity index (χ1n) is 8.40. The lowest BCUT2D eigenvalue weighted by molar-refractivity contribution is 0.415. The number of nitrogens with zero attached hydrogens (tertiary/aromatic N) is 3. The Hall–Kier alpha value is -1.49. The molecule has 0 bridgehead atoms. The summed E-state index contributed by atoms with van der Waals surface area (Å²) in [5.74, 6) is 4.31. The normalized spacial score (nSPS) is 16.8. The van der Waals surface area contributed by atoms with Crippen LogP contribution in [0.1, 0.15) is 18.7 Å². The first-order chi connectivity index (χ1) is 12.3. The molecule has 0 saturated carbocycles. The highest BCUT2D eigenvalue weighted by molar-refractivity contribution is 14.0. The maximum absolute atomic E-state index is 5.17. The average Bonchev–Trinajstić information content (AvgIpc) is 3.34. The number of ether oxygens (including phenoxy) is 1. The Morgan fingerprint density at radius 3 is 2.81 bits per heavy atom. The van der Waals surface area contributed by atoms with E-state index in [1.807, 2.05) is 36.0 Å². The molecular formula is C17H25IN6OS. The number of rotatable bonds is 6. The number of aromatic amines is 1. The standard InChI is InChI=1S/C17H24N6OS.HI/c1-18-17(19-10-14-4-3-9-25-14)20-11-15-21-16(23-22-15)12-5-7-13(24-2)8-6-12;/h5-8,14H,3-4,9-11H2,1-2H3,(H2,18,19,20)(H,21,22,23);1H. The van der Waals surface area contributed by atoms with Crippen LogP contribution < -0.4 is 15.4 Å². The average molecular weight is 488 g/mol. The molecule has 3 rings (SSSR count). The van der Waals surface area contributed by atoms with Crippen molar-refractivity contribution in [2.75, 3.05) is 26.5 Å². The van der Waals surface area contributed by atoms with Gasteiger partial charge in [-0.1, -0.05) is 0 Å². The van der Waals surface area contributed by atoms with Crippen molar-refractivity contribution in [3.8, 4) is 17.1 Å². The van der Waals surface area contributed by atoms with Crippen LogP contribution in [0.5, 0.6) is 5.75 Å². The summed E-state index contributed by atoms with van der Waals surface area (Å²) < 4.78 is 5.17. The number of hydrogen-bond acceptors (Lipinski definition) is 5. The Labute approximate surface area is 175 Å². The zero-order valence-electron chi connectivity index (χ0n) is 15.0. The van der Waals surface area contributed by atoms with Crippen LogP contribution in [-0.4, -0.2) is 52.8 Å². The fourth-order valence-electron chi connectivity index (χ4n) is 2.65. The fourth-order valence-corrected chi connectivity index (χ4v) is 3.85. The van der Waals surface area contributed by atoms with Gasteiger partial charge in [-0.2, -0.15) is 16.9 Å². The van der Waals surface area contributed by atoms with Gasteiger partial charge >= 0.3 is 0 Å². The summed E-state index contributed by atoms with van der Waals surface area (Å²) in [6.07, 6.45) is 2.59. The molecule has 1 atom stereocenters. The van der Waals surface area contributed by atoms with Crippen molar-refractivity contribution in [2.45, 2.75) is 24.6 Å². The van der Waals surface area contributed by atoms with Crippen molar-refractivity contribution in [3.05, 3.63) is 30.1 Å². The molecular weight excluding hydrogens is 463 g/mol. The number of guanidine groups is 1. The lowest BCUT2D eigenvalue weighted by Gasteiger charge is -2.13. The summed E-state index contributed by atoms with van der Waals surface area (Å²) in [5.41, 5.74) is 0.948. The molecule has 2 heterocycles. The molecule has 7 nitrogen and oxygen atoms in total. The van der Waals surface area contributed by atoms with Crippen molar-refractivity contribution < 1.29 is 4.74 Å². The van der Waals surface area contributed by atoms with Gasteiger partial charge in [-0.05, 0) is 42.9 Å². The second-order valence-electron chi connectivity index (χ2n) is 5.78. The van der Waals surface area contributed by atoms with E-state index in [0.29, 0.717) is 17.6 Å². The minimum absolute atomic E-state index is 0. The molecule has 1 fully saturated rings. The van der Waals surface area contributed by atoms with E-state index in [1.165, 1.54) is 18.6 Å². The maximum atomic E-state index is 5.17. The highest BCUT2D eigenvalue weighted by Gasteiger charge is 2.15. The third-order valence-corrected chi connectivity index (χ3v) is 5.45. The van der Waals surface area contributed by atoms with E-state index < -0.39 is 0 Å². The lowest BCUT2D eigenvalue weighted by atomic mass is 10.2. The van der Waals surface area contributed by atoms with E-state index >= 15 is 0 Å². The Kier molecular flexibility index (Phi) is 8.49. The van der Waals surface area contributed by atoms with Crippen LogP contribution >= 0.6 is 35.7 Å². The van der Waals surface area contributed by atoms with E-state index in [9.17, 15) is 0 Å². The summed E-state index contributed by atoms with van der Waals surface area (Å²) in [4.78, 5) is 8.78. The van der Waals surface area contributed by atoms with Gasteiger partial charge in [0, 0.05) is 24.4 Å². The smallest absolute Gasteiger partial charge is 0.191 e. The van der Waals surface area contributed by atoms with Gasteiger partial charge in [-0.15, -0.1) is 24.0 Å². The van der Waals surface area contributed by atoms with Crippen LogP contribution in [0.25, 0.3) is 11.4 Å². The van der Waals surface area contributed by atoms with Crippen molar-refractivity contribution >= 4 is 41.7 Å². The molecule has 142 valence electrons. The van der Waals surface area contributed by atoms with E-state index in [4.69, 9.17) is 4.74 Å². The zero-order chi connectivity index (χ0) is 17.5. The second kappa shape index (κ2) is 10.6. The molecule has 1 saturated heterocycles. The minimum atomic E-state index is 0. The Bertz CT molecular complexity index is 700. The number of thioether (sulfide) groups is 1. The molecule has 0 radical (unpaired) electrons. The minimum Gasteiger partial charge on any atom is -0.497 e. The number of halogens is 1. The first kappa shape index (κ1) is 20.8. The van der Waals surface area contributed by atoms with Crippen molar-refractivity contribution in [1.29, 1.82) is 0 Å². The monoisotopic (exact) mass is 488 g/mol. The topological polar surface area (TPSA) is 87.2 Å². The molecule has 0 spiro atoms. The van der Waals surface area contributed by atoms with Crippen LogP contribution in [0.3, 0.4) is 0 Å². The molecule has 9 heteroatoms. The second-order valence-corrected chi connectivity index (χ2v) is 7.18. The zero-order valence-corrected chi connectivity index (χ0v) is 18.1.